The van der Waals surface area contributed by atoms with E-state index in [0.29, 0.717) is 33.8 Å². The molecule has 1 aliphatic rings. The molecular formula is C43H40FN5O11. The number of carboxylic acid groups (broad SMARTS) is 2. The maximum Gasteiger partial charge on any atom is 0.310 e. The van der Waals surface area contributed by atoms with Crippen molar-refractivity contribution in [3.8, 4) is 11.5 Å². The van der Waals surface area contributed by atoms with Crippen molar-refractivity contribution >= 4 is 35.0 Å². The molecule has 0 aliphatic carbocycles. The van der Waals surface area contributed by atoms with E-state index in [1.807, 2.05) is 60.7 Å². The van der Waals surface area contributed by atoms with Gasteiger partial charge in [-0.05, 0) is 34.9 Å². The van der Waals surface area contributed by atoms with Gasteiger partial charge in [0.05, 0.1) is 45.9 Å². The summed E-state index contributed by atoms with van der Waals surface area (Å²) < 4.78 is 39.8. The molecule has 5 N–H and O–H groups in total. The van der Waals surface area contributed by atoms with Crippen LogP contribution in [0.2, 0.25) is 0 Å². The van der Waals surface area contributed by atoms with Gasteiger partial charge in [0, 0.05) is 12.0 Å². The van der Waals surface area contributed by atoms with Crippen molar-refractivity contribution in [1.82, 2.24) is 19.5 Å². The number of fused-ring (bicyclic) bond motifs is 1. The number of amides is 1. The molecule has 1 saturated heterocycles. The quantitative estimate of drug-likeness (QED) is 0.0839. The van der Waals surface area contributed by atoms with Crippen LogP contribution < -0.4 is 20.3 Å². The fourth-order valence-electron chi connectivity index (χ4n) is 7.73. The summed E-state index contributed by atoms with van der Waals surface area (Å²) >= 11 is 0. The molecule has 7 rings (SSSR count). The van der Waals surface area contributed by atoms with Gasteiger partial charge in [0.2, 0.25) is 11.9 Å². The molecule has 2 aromatic heterocycles. The van der Waals surface area contributed by atoms with E-state index in [-0.39, 0.29) is 23.5 Å². The highest BCUT2D eigenvalue weighted by molar-refractivity contribution is 5.91. The molecule has 0 spiro atoms. The Morgan fingerprint density at radius 2 is 1.63 bits per heavy atom. The molecule has 1 amide bonds. The largest absolute Gasteiger partial charge is 0.493 e. The Bertz CT molecular complexity index is 2530. The molecular weight excluding hydrogens is 781 g/mol. The molecule has 1 aliphatic heterocycles. The fourth-order valence-corrected chi connectivity index (χ4v) is 7.73. The van der Waals surface area contributed by atoms with Crippen molar-refractivity contribution in [2.75, 3.05) is 26.1 Å². The van der Waals surface area contributed by atoms with Crippen LogP contribution in [0.5, 0.6) is 11.5 Å². The monoisotopic (exact) mass is 821 g/mol. The molecule has 17 heteroatoms. The van der Waals surface area contributed by atoms with Gasteiger partial charge in [0.15, 0.2) is 22.7 Å². The number of methoxy groups -OCH3 is 2. The summed E-state index contributed by atoms with van der Waals surface area (Å²) in [6.45, 7) is -0.522. The zero-order valence-electron chi connectivity index (χ0n) is 32.3. The Morgan fingerprint density at radius 3 is 2.23 bits per heavy atom. The van der Waals surface area contributed by atoms with Crippen molar-refractivity contribution in [2.45, 2.75) is 42.8 Å². The Balaban J connectivity index is 1.30. The van der Waals surface area contributed by atoms with Gasteiger partial charge in [-0.25, -0.2) is 9.37 Å². The topological polar surface area (TPSA) is 224 Å². The zero-order valence-corrected chi connectivity index (χ0v) is 32.3. The van der Waals surface area contributed by atoms with Gasteiger partial charge < -0.3 is 34.3 Å². The number of aliphatic hydroxyl groups is 1. The summed E-state index contributed by atoms with van der Waals surface area (Å²) in [7, 11) is 2.97. The van der Waals surface area contributed by atoms with Gasteiger partial charge in [-0.15, -0.1) is 0 Å². The summed E-state index contributed by atoms with van der Waals surface area (Å²) in [4.78, 5) is 62.1. The second kappa shape index (κ2) is 17.1. The highest BCUT2D eigenvalue weighted by atomic mass is 19.1. The first-order valence-electron chi connectivity index (χ1n) is 18.7. The van der Waals surface area contributed by atoms with Gasteiger partial charge in [0.1, 0.15) is 29.4 Å². The van der Waals surface area contributed by atoms with Crippen molar-refractivity contribution in [2.24, 2.45) is 5.92 Å². The average Bonchev–Trinajstić information content (AvgIpc) is 3.82. The van der Waals surface area contributed by atoms with E-state index < -0.39 is 78.1 Å². The third-order valence-electron chi connectivity index (χ3n) is 10.5. The molecule has 1 fully saturated rings. The number of para-hydroxylation sites is 1. The van der Waals surface area contributed by atoms with Crippen LogP contribution in [0.3, 0.4) is 0 Å². The number of hydrogen-bond acceptors (Lipinski definition) is 11. The molecule has 60 heavy (non-hydrogen) atoms. The number of imidazole rings is 1. The number of carbonyl (C=O) groups excluding carboxylic acids is 1. The molecule has 0 saturated carbocycles. The fraction of sp³-hybridized carbons (Fsp3) is 0.256. The van der Waals surface area contributed by atoms with Crippen LogP contribution in [-0.2, 0) is 35.9 Å². The highest BCUT2D eigenvalue weighted by Crippen LogP contribution is 2.49. The SMILES string of the molecule is COc1cccc(C(OC[C@H]2O[C@@H](n3cnc4c(=O)[nH]c(NC(=O)Cc5ccc(F)cc5)nc43)C[C@@]2(O)C(CC(=O)O)C(=O)O)(c2ccccc2)c2ccccc2)c1OC. The highest BCUT2D eigenvalue weighted by Gasteiger charge is 2.57. The molecule has 4 atom stereocenters. The van der Waals surface area contributed by atoms with E-state index in [0.717, 1.165) is 0 Å². The number of nitrogens with zero attached hydrogens (tertiary/aromatic N) is 3. The average molecular weight is 822 g/mol. The Labute approximate surface area is 341 Å². The van der Waals surface area contributed by atoms with Crippen LogP contribution in [-0.4, -0.2) is 85.2 Å². The number of H-pyrrole nitrogens is 1. The summed E-state index contributed by atoms with van der Waals surface area (Å²) in [5.74, 6) is -5.59. The van der Waals surface area contributed by atoms with E-state index >= 15 is 0 Å². The smallest absolute Gasteiger partial charge is 0.310 e. The molecule has 6 aromatic rings. The summed E-state index contributed by atoms with van der Waals surface area (Å²) in [6, 6.07) is 28.8. The van der Waals surface area contributed by atoms with Gasteiger partial charge in [-0.2, -0.15) is 4.98 Å². The second-order valence-corrected chi connectivity index (χ2v) is 14.1. The number of ether oxygens (including phenoxy) is 4. The molecule has 0 radical (unpaired) electrons. The number of rotatable bonds is 16. The lowest BCUT2D eigenvalue weighted by atomic mass is 9.78. The number of nitrogens with one attached hydrogen (secondary N) is 2. The lowest BCUT2D eigenvalue weighted by Gasteiger charge is -2.39. The third kappa shape index (κ3) is 7.92. The van der Waals surface area contributed by atoms with Crippen molar-refractivity contribution in [3.63, 3.8) is 0 Å². The number of anilines is 1. The summed E-state index contributed by atoms with van der Waals surface area (Å²) in [6.07, 6.45) is -3.26. The first kappa shape index (κ1) is 41.2. The van der Waals surface area contributed by atoms with Gasteiger partial charge in [-0.1, -0.05) is 84.9 Å². The van der Waals surface area contributed by atoms with Gasteiger partial charge >= 0.3 is 11.9 Å². The molecule has 0 bridgehead atoms. The first-order valence-corrected chi connectivity index (χ1v) is 18.7. The van der Waals surface area contributed by atoms with Crippen LogP contribution in [0.4, 0.5) is 10.3 Å². The van der Waals surface area contributed by atoms with Crippen LogP contribution in [0.25, 0.3) is 11.2 Å². The van der Waals surface area contributed by atoms with Crippen LogP contribution in [0.1, 0.15) is 41.3 Å². The van der Waals surface area contributed by atoms with Crippen molar-refractivity contribution in [1.29, 1.82) is 0 Å². The van der Waals surface area contributed by atoms with E-state index in [1.54, 1.807) is 18.2 Å². The number of carboxylic acids is 2. The Hall–Kier alpha value is -6.95. The van der Waals surface area contributed by atoms with E-state index in [2.05, 4.69) is 20.3 Å². The maximum atomic E-state index is 13.4. The minimum absolute atomic E-state index is 0.0982. The Morgan fingerprint density at radius 1 is 0.967 bits per heavy atom. The molecule has 16 nitrogen and oxygen atoms in total. The summed E-state index contributed by atoms with van der Waals surface area (Å²) in [5.41, 5.74) is -2.74. The van der Waals surface area contributed by atoms with Crippen molar-refractivity contribution < 1.29 is 53.0 Å². The predicted molar refractivity (Wildman–Crippen MR) is 212 cm³/mol. The zero-order chi connectivity index (χ0) is 42.6. The standard InChI is InChI=1S/C43H40FN5O11/c1-57-31-15-9-14-29(37(31)58-2)43(26-10-5-3-6-11-26,27-12-7-4-8-13-27)59-23-32-42(56,30(40(54)55)21-35(51)52)22-34(60-32)49-24-45-36-38(49)47-41(48-39(36)53)46-33(50)20-25-16-18-28(44)19-17-25/h3-19,24,30,32,34,56H,20-23H2,1-2H3,(H,51,52)(H,54,55)(H2,46,47,48,50,53)/t30?,32-,34-,42-/m1/s1. The second-order valence-electron chi connectivity index (χ2n) is 14.1. The lowest BCUT2D eigenvalue weighted by Crippen LogP contribution is -2.52. The van der Waals surface area contributed by atoms with E-state index in [1.165, 1.54) is 49.4 Å². The predicted octanol–water partition coefficient (Wildman–Crippen LogP) is 4.66. The summed E-state index contributed by atoms with van der Waals surface area (Å²) in [5, 5.41) is 35.3. The normalized spacial score (nSPS) is 18.2. The van der Waals surface area contributed by atoms with Crippen LogP contribution in [0.15, 0.2) is 114 Å². The molecule has 4 aromatic carbocycles. The molecule has 310 valence electrons. The minimum Gasteiger partial charge on any atom is -0.493 e. The number of benzene rings is 4. The number of aromatic nitrogens is 4. The molecule has 1 unspecified atom stereocenters. The number of aliphatic carboxylic acids is 2. The number of hydrogen-bond donors (Lipinski definition) is 5. The van der Waals surface area contributed by atoms with Gasteiger partial charge in [-0.3, -0.25) is 34.0 Å². The van der Waals surface area contributed by atoms with Crippen LogP contribution in [0, 0.1) is 11.7 Å². The Kier molecular flexibility index (Phi) is 11.8. The van der Waals surface area contributed by atoms with Crippen LogP contribution >= 0.6 is 0 Å². The van der Waals surface area contributed by atoms with Crippen molar-refractivity contribution in [3.05, 3.63) is 148 Å². The van der Waals surface area contributed by atoms with E-state index in [4.69, 9.17) is 18.9 Å². The minimum atomic E-state index is -2.41. The molecule has 3 heterocycles. The number of carbonyl (C=O) groups is 3. The van der Waals surface area contributed by atoms with E-state index in [9.17, 15) is 38.9 Å². The first-order chi connectivity index (χ1) is 28.9. The number of halogens is 1. The maximum absolute atomic E-state index is 13.4. The number of aromatic amines is 1. The third-order valence-corrected chi connectivity index (χ3v) is 10.5. The van der Waals surface area contributed by atoms with Gasteiger partial charge in [0.25, 0.3) is 5.56 Å². The lowest BCUT2D eigenvalue weighted by molar-refractivity contribution is -0.171.